The van der Waals surface area contributed by atoms with E-state index in [1.165, 1.54) is 11.3 Å². The molecule has 3 aliphatic rings. The molecule has 0 bridgehead atoms. The van der Waals surface area contributed by atoms with Gasteiger partial charge < -0.3 is 10.1 Å². The third-order valence-corrected chi connectivity index (χ3v) is 5.00. The summed E-state index contributed by atoms with van der Waals surface area (Å²) in [5, 5.41) is 3.21. The zero-order valence-electron chi connectivity index (χ0n) is 11.5. The molecule has 3 fully saturated rings. The Kier molecular flexibility index (Phi) is 3.35. The van der Waals surface area contributed by atoms with Crippen LogP contribution >= 0.6 is 0 Å². The molecule has 1 saturated carbocycles. The van der Waals surface area contributed by atoms with Crippen LogP contribution in [-0.4, -0.2) is 49.1 Å². The molecule has 1 N–H and O–H groups in total. The Hall–Kier alpha value is -0.940. The molecule has 0 aromatic heterocycles. The Morgan fingerprint density at radius 3 is 2.63 bits per heavy atom. The second kappa shape index (κ2) is 4.87. The fourth-order valence-corrected chi connectivity index (χ4v) is 3.91. The molecule has 2 amide bonds. The van der Waals surface area contributed by atoms with Crippen molar-refractivity contribution < 1.29 is 14.3 Å². The number of amides is 2. The molecule has 1 spiro atoms. The molecular formula is C14H22N2O3. The van der Waals surface area contributed by atoms with Crippen molar-refractivity contribution in [1.29, 1.82) is 0 Å². The lowest BCUT2D eigenvalue weighted by Crippen LogP contribution is -2.49. The maximum absolute atomic E-state index is 12.8. The zero-order valence-corrected chi connectivity index (χ0v) is 11.5. The standard InChI is InChI=1S/C14H22N2O3/c1-19-11-9-15-8-10(11)16-12(17)7-14(13(16)18)5-3-2-4-6-14/h10-11,15H,2-9H2,1H3/t10?,11-/m0/s1. The van der Waals surface area contributed by atoms with Gasteiger partial charge in [0.1, 0.15) is 0 Å². The van der Waals surface area contributed by atoms with Crippen molar-refractivity contribution in [3.63, 3.8) is 0 Å². The van der Waals surface area contributed by atoms with Crippen LogP contribution in [0.15, 0.2) is 0 Å². The molecule has 2 heterocycles. The van der Waals surface area contributed by atoms with Crippen LogP contribution in [0.5, 0.6) is 0 Å². The minimum Gasteiger partial charge on any atom is -0.378 e. The quantitative estimate of drug-likeness (QED) is 0.747. The first-order chi connectivity index (χ1) is 9.18. The van der Waals surface area contributed by atoms with E-state index in [0.717, 1.165) is 25.7 Å². The van der Waals surface area contributed by atoms with E-state index in [-0.39, 0.29) is 29.4 Å². The normalized spacial score (nSPS) is 34.5. The van der Waals surface area contributed by atoms with E-state index in [0.29, 0.717) is 19.5 Å². The van der Waals surface area contributed by atoms with Gasteiger partial charge >= 0.3 is 0 Å². The maximum Gasteiger partial charge on any atom is 0.236 e. The first-order valence-electron chi connectivity index (χ1n) is 7.28. The number of likely N-dealkylation sites (tertiary alicyclic amines) is 1. The third-order valence-electron chi connectivity index (χ3n) is 5.00. The topological polar surface area (TPSA) is 58.6 Å². The van der Waals surface area contributed by atoms with E-state index in [4.69, 9.17) is 4.74 Å². The Morgan fingerprint density at radius 2 is 1.95 bits per heavy atom. The first kappa shape index (κ1) is 13.1. The molecule has 0 aromatic carbocycles. The van der Waals surface area contributed by atoms with Gasteiger partial charge in [-0.1, -0.05) is 19.3 Å². The second-order valence-corrected chi connectivity index (χ2v) is 6.09. The van der Waals surface area contributed by atoms with Gasteiger partial charge in [-0.05, 0) is 12.8 Å². The number of hydrogen-bond acceptors (Lipinski definition) is 4. The average Bonchev–Trinajstić information content (AvgIpc) is 2.95. The number of hydrogen-bond donors (Lipinski definition) is 1. The van der Waals surface area contributed by atoms with E-state index < -0.39 is 0 Å². The molecule has 19 heavy (non-hydrogen) atoms. The number of carbonyl (C=O) groups excluding carboxylic acids is 2. The maximum atomic E-state index is 12.8. The summed E-state index contributed by atoms with van der Waals surface area (Å²) in [7, 11) is 1.64. The van der Waals surface area contributed by atoms with Crippen LogP contribution in [-0.2, 0) is 14.3 Å². The van der Waals surface area contributed by atoms with Crippen molar-refractivity contribution in [3.8, 4) is 0 Å². The Bertz CT molecular complexity index is 390. The van der Waals surface area contributed by atoms with E-state index in [1.807, 2.05) is 0 Å². The molecule has 3 rings (SSSR count). The predicted molar refractivity (Wildman–Crippen MR) is 69.4 cm³/mol. The summed E-state index contributed by atoms with van der Waals surface area (Å²) >= 11 is 0. The Labute approximate surface area is 113 Å². The summed E-state index contributed by atoms with van der Waals surface area (Å²) < 4.78 is 5.40. The van der Waals surface area contributed by atoms with Crippen molar-refractivity contribution in [2.24, 2.45) is 5.41 Å². The molecule has 2 aliphatic heterocycles. The van der Waals surface area contributed by atoms with Gasteiger partial charge in [0.05, 0.1) is 17.6 Å². The minimum atomic E-state index is -0.379. The minimum absolute atomic E-state index is 0.00245. The van der Waals surface area contributed by atoms with Gasteiger partial charge in [0.2, 0.25) is 11.8 Å². The van der Waals surface area contributed by atoms with Crippen molar-refractivity contribution in [3.05, 3.63) is 0 Å². The highest BCUT2D eigenvalue weighted by molar-refractivity contribution is 6.06. The summed E-state index contributed by atoms with van der Waals surface area (Å²) in [6, 6.07) is -0.119. The van der Waals surface area contributed by atoms with Gasteiger partial charge in [0, 0.05) is 26.6 Å². The highest BCUT2D eigenvalue weighted by atomic mass is 16.5. The van der Waals surface area contributed by atoms with Crippen molar-refractivity contribution >= 4 is 11.8 Å². The average molecular weight is 266 g/mol. The summed E-state index contributed by atoms with van der Waals surface area (Å²) in [5.74, 6) is 0.0654. The fourth-order valence-electron chi connectivity index (χ4n) is 3.91. The van der Waals surface area contributed by atoms with Gasteiger partial charge in [0.25, 0.3) is 0 Å². The number of methoxy groups -OCH3 is 1. The fraction of sp³-hybridized carbons (Fsp3) is 0.857. The van der Waals surface area contributed by atoms with Gasteiger partial charge in [-0.3, -0.25) is 14.5 Å². The Morgan fingerprint density at radius 1 is 1.21 bits per heavy atom. The van der Waals surface area contributed by atoms with Gasteiger partial charge in [-0.25, -0.2) is 0 Å². The molecule has 1 unspecified atom stereocenters. The van der Waals surface area contributed by atoms with E-state index >= 15 is 0 Å². The van der Waals surface area contributed by atoms with Gasteiger partial charge in [-0.2, -0.15) is 0 Å². The van der Waals surface area contributed by atoms with Crippen LogP contribution < -0.4 is 5.32 Å². The number of nitrogens with one attached hydrogen (secondary N) is 1. The lowest BCUT2D eigenvalue weighted by atomic mass is 9.73. The molecule has 5 nitrogen and oxygen atoms in total. The number of nitrogens with zero attached hydrogens (tertiary/aromatic N) is 1. The lowest BCUT2D eigenvalue weighted by molar-refractivity contribution is -0.146. The molecule has 1 aliphatic carbocycles. The van der Waals surface area contributed by atoms with Crippen LogP contribution in [0.4, 0.5) is 0 Å². The van der Waals surface area contributed by atoms with Crippen LogP contribution in [0.3, 0.4) is 0 Å². The molecule has 0 radical (unpaired) electrons. The smallest absolute Gasteiger partial charge is 0.236 e. The van der Waals surface area contributed by atoms with E-state index in [9.17, 15) is 9.59 Å². The monoisotopic (exact) mass is 266 g/mol. The predicted octanol–water partition coefficient (Wildman–Crippen LogP) is 0.683. The highest BCUT2D eigenvalue weighted by Gasteiger charge is 2.54. The largest absolute Gasteiger partial charge is 0.378 e. The number of imide groups is 1. The zero-order chi connectivity index (χ0) is 13.5. The lowest BCUT2D eigenvalue weighted by Gasteiger charge is -2.32. The summed E-state index contributed by atoms with van der Waals surface area (Å²) in [4.78, 5) is 26.6. The third kappa shape index (κ3) is 1.99. The summed E-state index contributed by atoms with van der Waals surface area (Å²) in [6.07, 6.45) is 5.45. The number of ether oxygens (including phenoxy) is 1. The van der Waals surface area contributed by atoms with E-state index in [1.54, 1.807) is 7.11 Å². The van der Waals surface area contributed by atoms with Gasteiger partial charge in [0.15, 0.2) is 0 Å². The Balaban J connectivity index is 1.83. The van der Waals surface area contributed by atoms with Crippen LogP contribution in [0.1, 0.15) is 38.5 Å². The van der Waals surface area contributed by atoms with Crippen LogP contribution in [0.25, 0.3) is 0 Å². The van der Waals surface area contributed by atoms with Crippen molar-refractivity contribution in [1.82, 2.24) is 10.2 Å². The van der Waals surface area contributed by atoms with Gasteiger partial charge in [-0.15, -0.1) is 0 Å². The molecular weight excluding hydrogens is 244 g/mol. The molecule has 2 atom stereocenters. The van der Waals surface area contributed by atoms with Crippen LogP contribution in [0, 0.1) is 5.41 Å². The van der Waals surface area contributed by atoms with Crippen LogP contribution in [0.2, 0.25) is 0 Å². The highest BCUT2D eigenvalue weighted by Crippen LogP contribution is 2.46. The molecule has 5 heteroatoms. The van der Waals surface area contributed by atoms with Crippen molar-refractivity contribution in [2.45, 2.75) is 50.7 Å². The second-order valence-electron chi connectivity index (χ2n) is 6.09. The first-order valence-corrected chi connectivity index (χ1v) is 7.28. The van der Waals surface area contributed by atoms with Crippen molar-refractivity contribution in [2.75, 3.05) is 20.2 Å². The SMILES string of the molecule is CO[C@H]1CNCC1N1C(=O)CC2(CCCCC2)C1=O. The molecule has 0 aromatic rings. The molecule has 2 saturated heterocycles. The number of rotatable bonds is 2. The summed E-state index contributed by atoms with van der Waals surface area (Å²) in [5.41, 5.74) is -0.379. The van der Waals surface area contributed by atoms with E-state index in [2.05, 4.69) is 5.32 Å². The number of carbonyl (C=O) groups is 2. The molecule has 106 valence electrons. The summed E-state index contributed by atoms with van der Waals surface area (Å²) in [6.45, 7) is 1.37.